The van der Waals surface area contributed by atoms with Gasteiger partial charge in [0, 0.05) is 36.8 Å². The minimum Gasteiger partial charge on any atom is -0.481 e. The summed E-state index contributed by atoms with van der Waals surface area (Å²) in [4.78, 5) is 29.8. The van der Waals surface area contributed by atoms with Crippen molar-refractivity contribution in [3.63, 3.8) is 0 Å². The predicted octanol–water partition coefficient (Wildman–Crippen LogP) is 0.581. The molecule has 2 aromatic rings. The lowest BCUT2D eigenvalue weighted by atomic mass is 10.0. The van der Waals surface area contributed by atoms with Crippen LogP contribution in [0, 0.1) is 12.8 Å². The van der Waals surface area contributed by atoms with Gasteiger partial charge < -0.3 is 5.11 Å². The zero-order valence-corrected chi connectivity index (χ0v) is 11.2. The molecule has 0 spiro atoms. The molecule has 1 aliphatic rings. The molecule has 0 saturated carbocycles. The van der Waals surface area contributed by atoms with E-state index in [0.717, 1.165) is 5.69 Å². The molecular formula is C12H13N3O3S. The Morgan fingerprint density at radius 3 is 3.00 bits per heavy atom. The number of nitrogens with zero attached hydrogens (tertiary/aromatic N) is 3. The van der Waals surface area contributed by atoms with Crippen LogP contribution in [0.1, 0.15) is 11.4 Å². The molecule has 0 aromatic carbocycles. The first-order valence-corrected chi connectivity index (χ1v) is 6.84. The molecule has 0 unspecified atom stereocenters. The molecular weight excluding hydrogens is 266 g/mol. The number of carboxylic acids is 1. The Labute approximate surface area is 112 Å². The fourth-order valence-corrected chi connectivity index (χ4v) is 3.16. The van der Waals surface area contributed by atoms with Crippen molar-refractivity contribution >= 4 is 22.3 Å². The molecule has 0 atom stereocenters. The minimum absolute atomic E-state index is 0.0749. The van der Waals surface area contributed by atoms with Crippen LogP contribution in [0.5, 0.6) is 0 Å². The fourth-order valence-electron chi connectivity index (χ4n) is 2.27. The van der Waals surface area contributed by atoms with Crippen molar-refractivity contribution in [3.8, 4) is 0 Å². The lowest BCUT2D eigenvalue weighted by Crippen LogP contribution is -2.49. The van der Waals surface area contributed by atoms with Crippen LogP contribution < -0.4 is 5.56 Å². The molecule has 0 aliphatic carbocycles. The van der Waals surface area contributed by atoms with Crippen molar-refractivity contribution in [2.45, 2.75) is 13.5 Å². The zero-order valence-electron chi connectivity index (χ0n) is 10.4. The van der Waals surface area contributed by atoms with E-state index in [2.05, 4.69) is 4.98 Å². The topological polar surface area (TPSA) is 74.9 Å². The third-order valence-corrected chi connectivity index (χ3v) is 4.26. The number of likely N-dealkylation sites (tertiary alicyclic amines) is 1. The van der Waals surface area contributed by atoms with E-state index in [1.807, 2.05) is 17.2 Å². The SMILES string of the molecule is Cc1csc2nc(CN3CC(C(=O)O)C3)cc(=O)n12. The van der Waals surface area contributed by atoms with E-state index in [-0.39, 0.29) is 11.5 Å². The number of rotatable bonds is 3. The van der Waals surface area contributed by atoms with Crippen molar-refractivity contribution in [1.82, 2.24) is 14.3 Å². The normalized spacial score (nSPS) is 16.7. The number of hydrogen-bond acceptors (Lipinski definition) is 5. The van der Waals surface area contributed by atoms with E-state index in [9.17, 15) is 9.59 Å². The standard InChI is InChI=1S/C12H13N3O3S/c1-7-6-19-12-13-9(2-10(16)15(7)12)5-14-3-8(4-14)11(17)18/h2,6,8H,3-5H2,1H3,(H,17,18). The fraction of sp³-hybridized carbons (Fsp3) is 0.417. The first kappa shape index (κ1) is 12.3. The summed E-state index contributed by atoms with van der Waals surface area (Å²) < 4.78 is 1.59. The molecule has 1 saturated heterocycles. The summed E-state index contributed by atoms with van der Waals surface area (Å²) in [5.41, 5.74) is 1.52. The molecule has 3 heterocycles. The minimum atomic E-state index is -0.756. The lowest BCUT2D eigenvalue weighted by Gasteiger charge is -2.36. The maximum absolute atomic E-state index is 12.0. The number of fused-ring (bicyclic) bond motifs is 1. The van der Waals surface area contributed by atoms with Crippen LogP contribution in [0.15, 0.2) is 16.2 Å². The summed E-state index contributed by atoms with van der Waals surface area (Å²) >= 11 is 1.44. The second-order valence-corrected chi connectivity index (χ2v) is 5.65. The van der Waals surface area contributed by atoms with Crippen LogP contribution in [-0.2, 0) is 11.3 Å². The van der Waals surface area contributed by atoms with Gasteiger partial charge in [-0.05, 0) is 6.92 Å². The van der Waals surface area contributed by atoms with Crippen molar-refractivity contribution in [3.05, 3.63) is 33.2 Å². The van der Waals surface area contributed by atoms with Crippen molar-refractivity contribution < 1.29 is 9.90 Å². The number of aryl methyl sites for hydroxylation is 1. The van der Waals surface area contributed by atoms with Crippen molar-refractivity contribution in [2.24, 2.45) is 5.92 Å². The lowest BCUT2D eigenvalue weighted by molar-refractivity contribution is -0.147. The van der Waals surface area contributed by atoms with E-state index in [4.69, 9.17) is 5.11 Å². The van der Waals surface area contributed by atoms with Gasteiger partial charge in [0.25, 0.3) is 5.56 Å². The number of aliphatic carboxylic acids is 1. The second-order valence-electron chi connectivity index (χ2n) is 4.81. The first-order chi connectivity index (χ1) is 9.04. The van der Waals surface area contributed by atoms with Crippen LogP contribution in [0.25, 0.3) is 4.96 Å². The third kappa shape index (κ3) is 2.15. The highest BCUT2D eigenvalue weighted by molar-refractivity contribution is 7.15. The Hall–Kier alpha value is -1.73. The number of carbonyl (C=O) groups is 1. The number of aromatic nitrogens is 2. The van der Waals surface area contributed by atoms with E-state index in [1.54, 1.807) is 4.40 Å². The number of carboxylic acid groups (broad SMARTS) is 1. The van der Waals surface area contributed by atoms with Crippen LogP contribution in [0.2, 0.25) is 0 Å². The van der Waals surface area contributed by atoms with Gasteiger partial charge in [0.2, 0.25) is 0 Å². The highest BCUT2D eigenvalue weighted by Gasteiger charge is 2.32. The predicted molar refractivity (Wildman–Crippen MR) is 70.5 cm³/mol. The molecule has 7 heteroatoms. The Balaban J connectivity index is 1.80. The third-order valence-electron chi connectivity index (χ3n) is 3.32. The van der Waals surface area contributed by atoms with Gasteiger partial charge in [-0.2, -0.15) is 0 Å². The van der Waals surface area contributed by atoms with Crippen LogP contribution in [-0.4, -0.2) is 38.4 Å². The summed E-state index contributed by atoms with van der Waals surface area (Å²) in [5, 5.41) is 10.7. The highest BCUT2D eigenvalue weighted by Crippen LogP contribution is 2.18. The summed E-state index contributed by atoms with van der Waals surface area (Å²) in [6, 6.07) is 1.53. The van der Waals surface area contributed by atoms with Crippen LogP contribution in [0.3, 0.4) is 0 Å². The summed E-state index contributed by atoms with van der Waals surface area (Å²) in [6.45, 7) is 3.46. The average molecular weight is 279 g/mol. The Kier molecular flexibility index (Phi) is 2.87. The maximum atomic E-state index is 12.0. The summed E-state index contributed by atoms with van der Waals surface area (Å²) in [5.74, 6) is -1.04. The molecule has 0 bridgehead atoms. The van der Waals surface area contributed by atoms with Crippen LogP contribution >= 0.6 is 11.3 Å². The number of thiazole rings is 1. The quantitative estimate of drug-likeness (QED) is 0.889. The van der Waals surface area contributed by atoms with Crippen molar-refractivity contribution in [1.29, 1.82) is 0 Å². The molecule has 19 heavy (non-hydrogen) atoms. The molecule has 1 N–H and O–H groups in total. The van der Waals surface area contributed by atoms with E-state index < -0.39 is 5.97 Å². The van der Waals surface area contributed by atoms with E-state index >= 15 is 0 Å². The van der Waals surface area contributed by atoms with Crippen LogP contribution in [0.4, 0.5) is 0 Å². The van der Waals surface area contributed by atoms with Gasteiger partial charge in [-0.25, -0.2) is 4.98 Å². The molecule has 0 radical (unpaired) electrons. The summed E-state index contributed by atoms with van der Waals surface area (Å²) in [6.07, 6.45) is 0. The Morgan fingerprint density at radius 2 is 2.32 bits per heavy atom. The van der Waals surface area contributed by atoms with Gasteiger partial charge >= 0.3 is 5.97 Å². The molecule has 100 valence electrons. The van der Waals surface area contributed by atoms with Gasteiger partial charge in [-0.1, -0.05) is 0 Å². The molecule has 1 fully saturated rings. The van der Waals surface area contributed by atoms with E-state index in [0.29, 0.717) is 30.3 Å². The number of hydrogen-bond donors (Lipinski definition) is 1. The smallest absolute Gasteiger partial charge is 0.309 e. The molecule has 0 amide bonds. The Morgan fingerprint density at radius 1 is 1.58 bits per heavy atom. The maximum Gasteiger partial charge on any atom is 0.309 e. The molecule has 2 aromatic heterocycles. The van der Waals surface area contributed by atoms with Gasteiger partial charge in [0.05, 0.1) is 11.6 Å². The monoisotopic (exact) mass is 279 g/mol. The highest BCUT2D eigenvalue weighted by atomic mass is 32.1. The molecule has 1 aliphatic heterocycles. The molecule has 3 rings (SSSR count). The second kappa shape index (κ2) is 4.43. The Bertz CT molecular complexity index is 700. The average Bonchev–Trinajstić information content (AvgIpc) is 2.65. The van der Waals surface area contributed by atoms with Crippen molar-refractivity contribution in [2.75, 3.05) is 13.1 Å². The molecule has 6 nitrogen and oxygen atoms in total. The van der Waals surface area contributed by atoms with Gasteiger partial charge in [0.15, 0.2) is 4.96 Å². The van der Waals surface area contributed by atoms with Gasteiger partial charge in [-0.15, -0.1) is 11.3 Å². The first-order valence-electron chi connectivity index (χ1n) is 5.96. The zero-order chi connectivity index (χ0) is 13.6. The van der Waals surface area contributed by atoms with Gasteiger partial charge in [-0.3, -0.25) is 18.9 Å². The summed E-state index contributed by atoms with van der Waals surface area (Å²) in [7, 11) is 0. The van der Waals surface area contributed by atoms with Gasteiger partial charge in [0.1, 0.15) is 0 Å². The van der Waals surface area contributed by atoms with E-state index in [1.165, 1.54) is 17.4 Å². The largest absolute Gasteiger partial charge is 0.481 e.